The zero-order valence-corrected chi connectivity index (χ0v) is 15.9. The standard InChI is InChI=1S/C20H25N5O2/c1-19(2,3)23-18(27)25-11-13-15-16(25)20(13,15)6-7-22-17(26)12-4-5-14-21-8-9-24(14)10-12/h4-5,8-10,13,15-16H,6-7,11H2,1-3H3,(H,22,26)(H,23,27)/t13-,15-,16?,20+/m1/s1. The van der Waals surface area contributed by atoms with E-state index < -0.39 is 0 Å². The number of piperidine rings is 1. The van der Waals surface area contributed by atoms with Gasteiger partial charge in [-0.2, -0.15) is 0 Å². The fourth-order valence-corrected chi connectivity index (χ4v) is 5.11. The summed E-state index contributed by atoms with van der Waals surface area (Å²) >= 11 is 0. The predicted molar refractivity (Wildman–Crippen MR) is 100 cm³/mol. The maximum Gasteiger partial charge on any atom is 0.318 e. The number of fused-ring (bicyclic) bond motifs is 2. The highest BCUT2D eigenvalue weighted by Crippen LogP contribution is 2.87. The molecule has 2 N–H and O–H groups in total. The van der Waals surface area contributed by atoms with Crippen LogP contribution >= 0.6 is 0 Å². The topological polar surface area (TPSA) is 78.7 Å². The Labute approximate surface area is 158 Å². The van der Waals surface area contributed by atoms with E-state index in [1.165, 1.54) is 0 Å². The second kappa shape index (κ2) is 5.24. The number of hydrogen-bond acceptors (Lipinski definition) is 3. The first-order valence-electron chi connectivity index (χ1n) is 9.61. The molecule has 7 heteroatoms. The minimum atomic E-state index is -0.211. The van der Waals surface area contributed by atoms with Crippen LogP contribution in [0, 0.1) is 17.3 Å². The van der Waals surface area contributed by atoms with Crippen molar-refractivity contribution in [3.8, 4) is 0 Å². The fourth-order valence-electron chi connectivity index (χ4n) is 5.11. The monoisotopic (exact) mass is 367 g/mol. The van der Waals surface area contributed by atoms with Gasteiger partial charge in [0, 0.05) is 48.7 Å². The minimum Gasteiger partial charge on any atom is -0.352 e. The Kier molecular flexibility index (Phi) is 3.22. The molecule has 0 radical (unpaired) electrons. The molecule has 2 aliphatic carbocycles. The summed E-state index contributed by atoms with van der Waals surface area (Å²) in [6, 6.07) is 4.08. The third-order valence-corrected chi connectivity index (χ3v) is 6.38. The van der Waals surface area contributed by atoms with Crippen molar-refractivity contribution in [3.63, 3.8) is 0 Å². The summed E-state index contributed by atoms with van der Waals surface area (Å²) in [4.78, 5) is 31.1. The second-order valence-corrected chi connectivity index (χ2v) is 9.14. The molecular weight excluding hydrogens is 342 g/mol. The summed E-state index contributed by atoms with van der Waals surface area (Å²) in [5.41, 5.74) is 1.53. The molecule has 27 heavy (non-hydrogen) atoms. The average Bonchev–Trinajstić information content (AvgIpc) is 3.15. The summed E-state index contributed by atoms with van der Waals surface area (Å²) in [6.45, 7) is 7.53. The zero-order valence-electron chi connectivity index (χ0n) is 15.9. The SMILES string of the molecule is CC(C)(C)NC(=O)N1C[C@@H]2[C@@H]3C1[C@@]23CCNC(=O)c1ccc2nccn2c1. The molecule has 0 spiro atoms. The maximum absolute atomic E-state index is 12.4. The van der Waals surface area contributed by atoms with Gasteiger partial charge in [0.1, 0.15) is 5.65 Å². The number of nitrogens with zero attached hydrogens (tertiary/aromatic N) is 3. The van der Waals surface area contributed by atoms with Crippen molar-refractivity contribution in [2.45, 2.75) is 38.8 Å². The summed E-state index contributed by atoms with van der Waals surface area (Å²) in [5, 5.41) is 6.11. The van der Waals surface area contributed by atoms with Gasteiger partial charge in [0.2, 0.25) is 0 Å². The first kappa shape index (κ1) is 16.6. The molecule has 2 aromatic heterocycles. The van der Waals surface area contributed by atoms with Crippen LogP contribution in [0.1, 0.15) is 37.6 Å². The van der Waals surface area contributed by atoms with Gasteiger partial charge < -0.3 is 19.9 Å². The third kappa shape index (κ3) is 2.44. The predicted octanol–water partition coefficient (Wildman–Crippen LogP) is 1.89. The molecule has 1 unspecified atom stereocenters. The lowest BCUT2D eigenvalue weighted by atomic mass is 10.0. The molecule has 2 bridgehead atoms. The van der Waals surface area contributed by atoms with Crippen molar-refractivity contribution in [1.82, 2.24) is 24.9 Å². The van der Waals surface area contributed by atoms with Crippen LogP contribution in [0.3, 0.4) is 0 Å². The highest BCUT2D eigenvalue weighted by molar-refractivity contribution is 5.94. The van der Waals surface area contributed by atoms with Crippen LogP contribution in [0.25, 0.3) is 5.65 Å². The van der Waals surface area contributed by atoms with Crippen molar-refractivity contribution in [2.24, 2.45) is 17.3 Å². The van der Waals surface area contributed by atoms with Crippen molar-refractivity contribution >= 4 is 17.6 Å². The van der Waals surface area contributed by atoms with Crippen LogP contribution < -0.4 is 10.6 Å². The summed E-state index contributed by atoms with van der Waals surface area (Å²) in [7, 11) is 0. The minimum absolute atomic E-state index is 0.0528. The van der Waals surface area contributed by atoms with E-state index in [0.29, 0.717) is 30.0 Å². The molecule has 6 rings (SSSR count). The van der Waals surface area contributed by atoms with Gasteiger partial charge in [-0.05, 0) is 51.2 Å². The molecule has 4 atom stereocenters. The van der Waals surface area contributed by atoms with Gasteiger partial charge in [-0.1, -0.05) is 0 Å². The highest BCUT2D eigenvalue weighted by Gasteiger charge is 2.92. The molecule has 142 valence electrons. The van der Waals surface area contributed by atoms with E-state index in [1.54, 1.807) is 18.5 Å². The van der Waals surface area contributed by atoms with Gasteiger partial charge in [0.15, 0.2) is 0 Å². The summed E-state index contributed by atoms with van der Waals surface area (Å²) in [5.74, 6) is 1.23. The Morgan fingerprint density at radius 3 is 2.89 bits per heavy atom. The van der Waals surface area contributed by atoms with E-state index in [-0.39, 0.29) is 22.9 Å². The lowest BCUT2D eigenvalue weighted by molar-refractivity contribution is 0.0950. The summed E-state index contributed by atoms with van der Waals surface area (Å²) in [6.07, 6.45) is 6.30. The normalized spacial score (nSPS) is 30.2. The molecule has 7 nitrogen and oxygen atoms in total. The number of amides is 3. The van der Waals surface area contributed by atoms with E-state index in [2.05, 4.69) is 15.6 Å². The number of hydrogen-bond donors (Lipinski definition) is 2. The van der Waals surface area contributed by atoms with E-state index in [4.69, 9.17) is 0 Å². The highest BCUT2D eigenvalue weighted by atomic mass is 16.2. The number of urea groups is 1. The van der Waals surface area contributed by atoms with E-state index in [0.717, 1.165) is 18.6 Å². The Balaban J connectivity index is 1.15. The third-order valence-electron chi connectivity index (χ3n) is 6.38. The molecular formula is C20H25N5O2. The molecule has 2 aliphatic heterocycles. The van der Waals surface area contributed by atoms with Gasteiger partial charge in [0.05, 0.1) is 5.56 Å². The first-order chi connectivity index (χ1) is 12.8. The van der Waals surface area contributed by atoms with Crippen LogP contribution in [0.4, 0.5) is 4.79 Å². The Hall–Kier alpha value is -2.57. The van der Waals surface area contributed by atoms with Crippen molar-refractivity contribution in [1.29, 1.82) is 0 Å². The van der Waals surface area contributed by atoms with E-state index in [9.17, 15) is 9.59 Å². The van der Waals surface area contributed by atoms with Crippen LogP contribution in [-0.2, 0) is 0 Å². The average molecular weight is 367 g/mol. The quantitative estimate of drug-likeness (QED) is 0.866. The number of rotatable bonds is 4. The lowest BCUT2D eigenvalue weighted by Gasteiger charge is -2.25. The van der Waals surface area contributed by atoms with Crippen molar-refractivity contribution in [2.75, 3.05) is 13.1 Å². The number of carbonyl (C=O) groups is 2. The molecule has 4 heterocycles. The number of pyridine rings is 1. The molecule has 2 aromatic rings. The van der Waals surface area contributed by atoms with Crippen LogP contribution in [0.15, 0.2) is 30.7 Å². The van der Waals surface area contributed by atoms with Crippen molar-refractivity contribution in [3.05, 3.63) is 36.3 Å². The second-order valence-electron chi connectivity index (χ2n) is 9.14. The fraction of sp³-hybridized carbons (Fsp3) is 0.550. The van der Waals surface area contributed by atoms with Gasteiger partial charge >= 0.3 is 6.03 Å². The number of nitrogens with one attached hydrogen (secondary N) is 2. The van der Waals surface area contributed by atoms with E-state index in [1.807, 2.05) is 42.3 Å². The van der Waals surface area contributed by atoms with Gasteiger partial charge in [-0.25, -0.2) is 9.78 Å². The maximum atomic E-state index is 12.4. The Morgan fingerprint density at radius 2 is 2.15 bits per heavy atom. The van der Waals surface area contributed by atoms with Gasteiger partial charge in [-0.15, -0.1) is 0 Å². The zero-order chi connectivity index (χ0) is 19.0. The number of carbonyl (C=O) groups excluding carboxylic acids is 2. The van der Waals surface area contributed by atoms with E-state index >= 15 is 0 Å². The lowest BCUT2D eigenvalue weighted by Crippen LogP contribution is -2.48. The van der Waals surface area contributed by atoms with Crippen LogP contribution in [-0.4, -0.2) is 50.9 Å². The van der Waals surface area contributed by atoms with Crippen molar-refractivity contribution < 1.29 is 9.59 Å². The largest absolute Gasteiger partial charge is 0.352 e. The molecule has 0 aromatic carbocycles. The smallest absolute Gasteiger partial charge is 0.318 e. The molecule has 4 aliphatic rings. The molecule has 4 fully saturated rings. The Morgan fingerprint density at radius 1 is 1.33 bits per heavy atom. The molecule has 2 saturated carbocycles. The number of imidazole rings is 1. The van der Waals surface area contributed by atoms with Gasteiger partial charge in [-0.3, -0.25) is 4.79 Å². The molecule has 2 saturated heterocycles. The number of aromatic nitrogens is 2. The summed E-state index contributed by atoms with van der Waals surface area (Å²) < 4.78 is 1.84. The van der Waals surface area contributed by atoms with Crippen LogP contribution in [0.2, 0.25) is 0 Å². The first-order valence-corrected chi connectivity index (χ1v) is 9.61. The van der Waals surface area contributed by atoms with Crippen LogP contribution in [0.5, 0.6) is 0 Å². The molecule has 3 amide bonds. The Bertz CT molecular complexity index is 939. The van der Waals surface area contributed by atoms with Gasteiger partial charge in [0.25, 0.3) is 5.91 Å².